The molecule has 0 fully saturated rings. The fraction of sp³-hybridized carbons (Fsp3) is 0.400. The number of hydrogen-bond donors (Lipinski definition) is 3. The molecule has 0 saturated carbocycles. The van der Waals surface area contributed by atoms with E-state index in [0.717, 1.165) is 11.1 Å². The largest absolute Gasteiger partial charge is 0.392 e. The normalized spacial score (nSPS) is 11.7. The Morgan fingerprint density at radius 2 is 1.83 bits per heavy atom. The third-order valence-corrected chi connectivity index (χ3v) is 7.68. The number of nitrogens with one attached hydrogen (secondary N) is 2. The summed E-state index contributed by atoms with van der Waals surface area (Å²) < 4.78 is 36.2. The number of carbonyl (C=O) groups is 1. The summed E-state index contributed by atoms with van der Waals surface area (Å²) >= 11 is 0. The lowest BCUT2D eigenvalue weighted by Gasteiger charge is -2.16. The number of aliphatic hydroxyl groups is 1. The van der Waals surface area contributed by atoms with Crippen LogP contribution in [0.3, 0.4) is 0 Å². The Morgan fingerprint density at radius 1 is 1.14 bits per heavy atom. The number of unbranched alkanes of at least 4 members (excludes halogenated alkanes) is 1. The molecule has 0 radical (unpaired) electrons. The van der Waals surface area contributed by atoms with Gasteiger partial charge in [-0.1, -0.05) is 12.1 Å². The van der Waals surface area contributed by atoms with Gasteiger partial charge in [-0.3, -0.25) is 19.1 Å². The predicted octanol–water partition coefficient (Wildman–Crippen LogP) is 3.92. The van der Waals surface area contributed by atoms with Crippen LogP contribution in [-0.4, -0.2) is 46.9 Å². The molecule has 0 aliphatic heterocycles. The second-order valence-electron chi connectivity index (χ2n) is 8.14. The number of H-pyrrole nitrogens is 1. The number of nitrogens with zero attached hydrogens (tertiary/aromatic N) is 1. The molecule has 0 bridgehead atoms. The minimum atomic E-state index is -3.14. The van der Waals surface area contributed by atoms with Gasteiger partial charge in [-0.2, -0.15) is 0 Å². The molecular weight excluding hydrogens is 488 g/mol. The van der Waals surface area contributed by atoms with Crippen LogP contribution in [-0.2, 0) is 26.6 Å². The molecule has 0 aliphatic rings. The maximum Gasteiger partial charge on any atom is 0.330 e. The van der Waals surface area contributed by atoms with Gasteiger partial charge >= 0.3 is 7.60 Å². The van der Waals surface area contributed by atoms with Gasteiger partial charge in [-0.05, 0) is 62.4 Å². The van der Waals surface area contributed by atoms with Gasteiger partial charge in [0.25, 0.3) is 11.5 Å². The van der Waals surface area contributed by atoms with E-state index in [0.29, 0.717) is 30.3 Å². The van der Waals surface area contributed by atoms with Crippen LogP contribution < -0.4 is 10.9 Å². The molecule has 36 heavy (non-hydrogen) atoms. The van der Waals surface area contributed by atoms with Crippen LogP contribution in [0.5, 0.6) is 0 Å². The molecule has 0 unspecified atom stereocenters. The quantitative estimate of drug-likeness (QED) is 0.230. The van der Waals surface area contributed by atoms with E-state index in [2.05, 4.69) is 15.3 Å². The maximum absolute atomic E-state index is 13.2. The highest BCUT2D eigenvalue weighted by Crippen LogP contribution is 2.48. The van der Waals surface area contributed by atoms with E-state index in [4.69, 9.17) is 9.05 Å². The molecule has 194 valence electrons. The number of benzene rings is 1. The van der Waals surface area contributed by atoms with Crippen molar-refractivity contribution in [2.24, 2.45) is 0 Å². The number of amides is 1. The van der Waals surface area contributed by atoms with Crippen molar-refractivity contribution in [3.8, 4) is 0 Å². The Labute approximate surface area is 208 Å². The van der Waals surface area contributed by atoms with E-state index in [1.807, 2.05) is 0 Å². The summed E-state index contributed by atoms with van der Waals surface area (Å²) in [7, 11) is -3.14. The number of rotatable bonds is 13. The molecule has 2 aromatic heterocycles. The smallest absolute Gasteiger partial charge is 0.330 e. The van der Waals surface area contributed by atoms with Crippen LogP contribution in [0.25, 0.3) is 11.0 Å². The SMILES string of the molecule is CCOP(=O)(CCCCNC(=O)c1c(CO)c2ncc(Cc3ccc(F)cc3)cc2[nH]c1=O)OCC. The Balaban J connectivity index is 1.70. The number of aromatic nitrogens is 2. The maximum atomic E-state index is 13.2. The number of fused-ring (bicyclic) bond motifs is 1. The van der Waals surface area contributed by atoms with E-state index in [9.17, 15) is 23.7 Å². The van der Waals surface area contributed by atoms with Crippen molar-refractivity contribution in [3.63, 3.8) is 0 Å². The molecule has 11 heteroatoms. The van der Waals surface area contributed by atoms with Crippen molar-refractivity contribution in [2.75, 3.05) is 25.9 Å². The number of halogens is 1. The minimum Gasteiger partial charge on any atom is -0.392 e. The molecule has 3 N–H and O–H groups in total. The van der Waals surface area contributed by atoms with Gasteiger partial charge in [0.2, 0.25) is 0 Å². The van der Waals surface area contributed by atoms with Gasteiger partial charge in [-0.15, -0.1) is 0 Å². The third kappa shape index (κ3) is 7.07. The number of pyridine rings is 2. The summed E-state index contributed by atoms with van der Waals surface area (Å²) in [5.41, 5.74) is 1.67. The van der Waals surface area contributed by atoms with Crippen molar-refractivity contribution in [1.82, 2.24) is 15.3 Å². The first kappa shape index (κ1) is 27.7. The number of carbonyl (C=O) groups excluding carboxylic acids is 1. The zero-order chi connectivity index (χ0) is 26.1. The van der Waals surface area contributed by atoms with Crippen LogP contribution in [0.1, 0.15) is 53.7 Å². The van der Waals surface area contributed by atoms with Gasteiger partial charge in [-0.25, -0.2) is 4.39 Å². The van der Waals surface area contributed by atoms with Crippen molar-refractivity contribution in [3.05, 3.63) is 75.0 Å². The molecule has 9 nitrogen and oxygen atoms in total. The summed E-state index contributed by atoms with van der Waals surface area (Å²) in [6.07, 6.45) is 3.30. The van der Waals surface area contributed by atoms with Crippen molar-refractivity contribution < 1.29 is 27.9 Å². The van der Waals surface area contributed by atoms with Gasteiger partial charge < -0.3 is 24.5 Å². The lowest BCUT2D eigenvalue weighted by molar-refractivity contribution is 0.0948. The summed E-state index contributed by atoms with van der Waals surface area (Å²) in [5, 5.41) is 12.6. The van der Waals surface area contributed by atoms with Crippen LogP contribution in [0.2, 0.25) is 0 Å². The highest BCUT2D eigenvalue weighted by atomic mass is 31.2. The van der Waals surface area contributed by atoms with Crippen LogP contribution in [0, 0.1) is 5.82 Å². The van der Waals surface area contributed by atoms with E-state index >= 15 is 0 Å². The van der Waals surface area contributed by atoms with E-state index < -0.39 is 25.7 Å². The first-order valence-corrected chi connectivity index (χ1v) is 13.6. The molecule has 3 aromatic rings. The first-order chi connectivity index (χ1) is 17.3. The van der Waals surface area contributed by atoms with Crippen molar-refractivity contribution >= 4 is 24.5 Å². The topological polar surface area (TPSA) is 131 Å². The average Bonchev–Trinajstić information content (AvgIpc) is 2.84. The minimum absolute atomic E-state index is 0.136. The van der Waals surface area contributed by atoms with Gasteiger partial charge in [0.05, 0.1) is 37.0 Å². The van der Waals surface area contributed by atoms with Gasteiger partial charge in [0, 0.05) is 18.3 Å². The van der Waals surface area contributed by atoms with Gasteiger partial charge in [0.1, 0.15) is 11.4 Å². The van der Waals surface area contributed by atoms with Crippen molar-refractivity contribution in [1.29, 1.82) is 0 Å². The lowest BCUT2D eigenvalue weighted by atomic mass is 10.0. The third-order valence-electron chi connectivity index (χ3n) is 5.51. The molecule has 1 amide bonds. The molecule has 1 aromatic carbocycles. The number of aliphatic hydroxyl groups excluding tert-OH is 1. The van der Waals surface area contributed by atoms with E-state index in [-0.39, 0.29) is 42.9 Å². The summed E-state index contributed by atoms with van der Waals surface area (Å²) in [5.74, 6) is -0.952. The van der Waals surface area contributed by atoms with Crippen molar-refractivity contribution in [2.45, 2.75) is 39.7 Å². The lowest BCUT2D eigenvalue weighted by Crippen LogP contribution is -2.32. The highest BCUT2D eigenvalue weighted by molar-refractivity contribution is 7.53. The fourth-order valence-corrected chi connectivity index (χ4v) is 5.62. The molecule has 0 saturated heterocycles. The molecule has 0 spiro atoms. The standard InChI is InChI=1S/C25H31FN3O6P/c1-3-34-36(33,35-4-2)12-6-5-11-27-24(31)22-20(16-30)23-21(29-25(22)32)14-18(15-28-23)13-17-7-9-19(26)10-8-17/h7-10,14-15,30H,3-6,11-13,16H2,1-2H3,(H,27,31)(H,29,32). The second kappa shape index (κ2) is 12.9. The molecule has 3 rings (SSSR count). The monoisotopic (exact) mass is 519 g/mol. The summed E-state index contributed by atoms with van der Waals surface area (Å²) in [6.45, 7) is 3.75. The van der Waals surface area contributed by atoms with Crippen LogP contribution in [0.4, 0.5) is 4.39 Å². The highest BCUT2D eigenvalue weighted by Gasteiger charge is 2.23. The zero-order valence-electron chi connectivity index (χ0n) is 20.4. The second-order valence-corrected chi connectivity index (χ2v) is 10.3. The fourth-order valence-electron chi connectivity index (χ4n) is 3.89. The number of aromatic amines is 1. The number of hydrogen-bond acceptors (Lipinski definition) is 7. The van der Waals surface area contributed by atoms with Crippen LogP contribution >= 0.6 is 7.60 Å². The first-order valence-electron chi connectivity index (χ1n) is 11.9. The molecule has 0 aliphatic carbocycles. The Bertz CT molecular complexity index is 1290. The van der Waals surface area contributed by atoms with Gasteiger partial charge in [0.15, 0.2) is 0 Å². The predicted molar refractivity (Wildman–Crippen MR) is 135 cm³/mol. The average molecular weight is 520 g/mol. The molecular formula is C25H31FN3O6P. The zero-order valence-corrected chi connectivity index (χ0v) is 21.3. The van der Waals surface area contributed by atoms with E-state index in [1.54, 1.807) is 38.2 Å². The Kier molecular flexibility index (Phi) is 9.89. The van der Waals surface area contributed by atoms with E-state index in [1.165, 1.54) is 12.1 Å². The van der Waals surface area contributed by atoms with Crippen LogP contribution in [0.15, 0.2) is 41.3 Å². The molecule has 2 heterocycles. The summed E-state index contributed by atoms with van der Waals surface area (Å²) in [4.78, 5) is 32.6. The molecule has 0 atom stereocenters. The summed E-state index contributed by atoms with van der Waals surface area (Å²) in [6, 6.07) is 7.81. The Morgan fingerprint density at radius 3 is 2.47 bits per heavy atom. The Hall–Kier alpha value is -2.91.